The maximum Gasteiger partial charge on any atom is 0.282 e. The van der Waals surface area contributed by atoms with Crippen LogP contribution in [0.3, 0.4) is 0 Å². The summed E-state index contributed by atoms with van der Waals surface area (Å²) >= 11 is 0. The van der Waals surface area contributed by atoms with Crippen LogP contribution in [0, 0.1) is 6.92 Å². The van der Waals surface area contributed by atoms with Crippen LogP contribution in [0.5, 0.6) is 5.75 Å². The first kappa shape index (κ1) is 21.6. The van der Waals surface area contributed by atoms with E-state index in [0.29, 0.717) is 60.4 Å². The topological polar surface area (TPSA) is 78.9 Å². The highest BCUT2D eigenvalue weighted by molar-refractivity contribution is 6.45. The van der Waals surface area contributed by atoms with E-state index in [2.05, 4.69) is 14.9 Å². The van der Waals surface area contributed by atoms with E-state index in [9.17, 15) is 9.59 Å². The van der Waals surface area contributed by atoms with Gasteiger partial charge in [-0.25, -0.2) is 14.9 Å². The minimum absolute atomic E-state index is 0.320. The third kappa shape index (κ3) is 3.77. The summed E-state index contributed by atoms with van der Waals surface area (Å²) in [5.41, 5.74) is 3.00. The molecule has 0 saturated carbocycles. The minimum atomic E-state index is -0.345. The van der Waals surface area contributed by atoms with Crippen molar-refractivity contribution in [2.24, 2.45) is 0 Å². The fraction of sp³-hybridized carbons (Fsp3) is 0.231. The number of anilines is 2. The highest BCUT2D eigenvalue weighted by Gasteiger charge is 2.44. The Morgan fingerprint density at radius 1 is 0.794 bits per heavy atom. The van der Waals surface area contributed by atoms with Crippen LogP contribution in [0.15, 0.2) is 72.7 Å². The molecule has 0 bridgehead atoms. The second kappa shape index (κ2) is 8.97. The molecule has 0 N–H and O–H groups in total. The van der Waals surface area contributed by atoms with Crippen molar-refractivity contribution in [1.82, 2.24) is 14.9 Å². The summed E-state index contributed by atoms with van der Waals surface area (Å²) in [6.07, 6.45) is 3.44. The van der Waals surface area contributed by atoms with Crippen LogP contribution in [0.25, 0.3) is 5.57 Å². The van der Waals surface area contributed by atoms with Crippen LogP contribution in [-0.2, 0) is 9.59 Å². The predicted octanol–water partition coefficient (Wildman–Crippen LogP) is 2.90. The molecule has 0 unspecified atom stereocenters. The van der Waals surface area contributed by atoms with Crippen molar-refractivity contribution in [1.29, 1.82) is 0 Å². The van der Waals surface area contributed by atoms with Gasteiger partial charge in [-0.3, -0.25) is 9.59 Å². The monoisotopic (exact) mass is 455 g/mol. The van der Waals surface area contributed by atoms with Gasteiger partial charge in [0.25, 0.3) is 11.8 Å². The van der Waals surface area contributed by atoms with E-state index >= 15 is 0 Å². The molecule has 0 aliphatic carbocycles. The standard InChI is InChI=1S/C26H25N5O3/c1-18-8-10-19(11-9-18)31-24(32)22(20-6-3-4-7-21(20)34-2)23(25(31)33)29-14-16-30(17-15-29)26-27-12-5-13-28-26/h3-13H,14-17H2,1-2H3. The number of aromatic nitrogens is 2. The summed E-state index contributed by atoms with van der Waals surface area (Å²) in [7, 11) is 1.57. The molecule has 0 radical (unpaired) electrons. The molecule has 172 valence electrons. The molecule has 2 aliphatic heterocycles. The first-order valence-corrected chi connectivity index (χ1v) is 11.2. The second-order valence-corrected chi connectivity index (χ2v) is 8.23. The fourth-order valence-corrected chi connectivity index (χ4v) is 4.42. The molecule has 0 atom stereocenters. The van der Waals surface area contributed by atoms with Crippen LogP contribution < -0.4 is 14.5 Å². The lowest BCUT2D eigenvalue weighted by Crippen LogP contribution is -2.48. The van der Waals surface area contributed by atoms with Crippen molar-refractivity contribution in [3.63, 3.8) is 0 Å². The van der Waals surface area contributed by atoms with E-state index < -0.39 is 0 Å². The Hall–Kier alpha value is -4.20. The van der Waals surface area contributed by atoms with E-state index in [1.54, 1.807) is 43.8 Å². The first-order valence-electron chi connectivity index (χ1n) is 11.2. The van der Waals surface area contributed by atoms with Crippen molar-refractivity contribution in [3.05, 3.63) is 83.8 Å². The van der Waals surface area contributed by atoms with Crippen molar-refractivity contribution < 1.29 is 14.3 Å². The van der Waals surface area contributed by atoms with Crippen molar-refractivity contribution in [2.45, 2.75) is 6.92 Å². The van der Waals surface area contributed by atoms with E-state index in [0.717, 1.165) is 5.56 Å². The average Bonchev–Trinajstić information content (AvgIpc) is 3.14. The largest absolute Gasteiger partial charge is 0.496 e. The van der Waals surface area contributed by atoms with Gasteiger partial charge in [-0.2, -0.15) is 0 Å². The summed E-state index contributed by atoms with van der Waals surface area (Å²) < 4.78 is 5.55. The van der Waals surface area contributed by atoms with Crippen LogP contribution in [0.1, 0.15) is 11.1 Å². The van der Waals surface area contributed by atoms with Gasteiger partial charge < -0.3 is 14.5 Å². The Morgan fingerprint density at radius 3 is 2.12 bits per heavy atom. The Kier molecular flexibility index (Phi) is 5.71. The number of amides is 2. The molecule has 3 aromatic rings. The van der Waals surface area contributed by atoms with Gasteiger partial charge in [0.05, 0.1) is 18.4 Å². The highest BCUT2D eigenvalue weighted by atomic mass is 16.5. The van der Waals surface area contributed by atoms with E-state index in [-0.39, 0.29) is 11.8 Å². The lowest BCUT2D eigenvalue weighted by molar-refractivity contribution is -0.120. The van der Waals surface area contributed by atoms with Crippen molar-refractivity contribution >= 4 is 29.0 Å². The van der Waals surface area contributed by atoms with Gasteiger partial charge >= 0.3 is 0 Å². The molecule has 8 nitrogen and oxygen atoms in total. The number of carbonyl (C=O) groups excluding carboxylic acids is 2. The van der Waals surface area contributed by atoms with Crippen LogP contribution in [-0.4, -0.2) is 60.0 Å². The number of piperazine rings is 1. The maximum absolute atomic E-state index is 13.8. The molecule has 3 heterocycles. The predicted molar refractivity (Wildman–Crippen MR) is 129 cm³/mol. The first-order chi connectivity index (χ1) is 16.6. The number of ether oxygens (including phenoxy) is 1. The number of rotatable bonds is 5. The van der Waals surface area contributed by atoms with Crippen molar-refractivity contribution in [2.75, 3.05) is 43.1 Å². The molecular weight excluding hydrogens is 430 g/mol. The van der Waals surface area contributed by atoms with Gasteiger partial charge in [-0.15, -0.1) is 0 Å². The molecule has 0 spiro atoms. The molecule has 5 rings (SSSR count). The fourth-order valence-electron chi connectivity index (χ4n) is 4.42. The number of carbonyl (C=O) groups is 2. The Bertz CT molecular complexity index is 1250. The molecule has 8 heteroatoms. The molecule has 34 heavy (non-hydrogen) atoms. The lowest BCUT2D eigenvalue weighted by Gasteiger charge is -2.36. The molecule has 1 saturated heterocycles. The number of benzene rings is 2. The zero-order valence-corrected chi connectivity index (χ0v) is 19.1. The third-order valence-electron chi connectivity index (χ3n) is 6.16. The number of para-hydroxylation sites is 1. The number of hydrogen-bond donors (Lipinski definition) is 0. The average molecular weight is 456 g/mol. The van der Waals surface area contributed by atoms with Gasteiger partial charge in [-0.05, 0) is 31.2 Å². The highest BCUT2D eigenvalue weighted by Crippen LogP contribution is 2.38. The van der Waals surface area contributed by atoms with Gasteiger partial charge in [0.15, 0.2) is 0 Å². The van der Waals surface area contributed by atoms with E-state index in [1.165, 1.54) is 4.90 Å². The summed E-state index contributed by atoms with van der Waals surface area (Å²) in [6, 6.07) is 16.5. The smallest absolute Gasteiger partial charge is 0.282 e. The number of nitrogens with zero attached hydrogens (tertiary/aromatic N) is 5. The summed E-state index contributed by atoms with van der Waals surface area (Å²) in [5.74, 6) is 0.552. The van der Waals surface area contributed by atoms with E-state index in [4.69, 9.17) is 4.74 Å². The van der Waals surface area contributed by atoms with Gasteiger partial charge in [0.1, 0.15) is 11.4 Å². The number of methoxy groups -OCH3 is 1. The molecule has 2 amide bonds. The summed E-state index contributed by atoms with van der Waals surface area (Å²) in [6.45, 7) is 4.37. The van der Waals surface area contributed by atoms with Crippen LogP contribution in [0.4, 0.5) is 11.6 Å². The zero-order valence-electron chi connectivity index (χ0n) is 19.1. The Morgan fingerprint density at radius 2 is 1.44 bits per heavy atom. The Labute approximate surface area is 198 Å². The van der Waals surface area contributed by atoms with Crippen LogP contribution >= 0.6 is 0 Å². The molecule has 2 aromatic carbocycles. The zero-order chi connectivity index (χ0) is 23.7. The Balaban J connectivity index is 1.53. The number of hydrogen-bond acceptors (Lipinski definition) is 7. The van der Waals surface area contributed by atoms with Gasteiger partial charge in [0.2, 0.25) is 5.95 Å². The quantitative estimate of drug-likeness (QED) is 0.548. The molecular formula is C26H25N5O3. The SMILES string of the molecule is COc1ccccc1C1=C(N2CCN(c3ncccn3)CC2)C(=O)N(c2ccc(C)cc2)C1=O. The molecule has 1 fully saturated rings. The molecule has 1 aromatic heterocycles. The van der Waals surface area contributed by atoms with Crippen molar-refractivity contribution in [3.8, 4) is 5.75 Å². The maximum atomic E-state index is 13.8. The van der Waals surface area contributed by atoms with Gasteiger partial charge in [-0.1, -0.05) is 35.9 Å². The summed E-state index contributed by atoms with van der Waals surface area (Å²) in [5, 5.41) is 0. The molecule has 2 aliphatic rings. The van der Waals surface area contributed by atoms with E-state index in [1.807, 2.05) is 42.2 Å². The minimum Gasteiger partial charge on any atom is -0.496 e. The number of imide groups is 1. The number of aryl methyl sites for hydroxylation is 1. The van der Waals surface area contributed by atoms with Crippen LogP contribution in [0.2, 0.25) is 0 Å². The normalized spacial score (nSPS) is 16.5. The summed E-state index contributed by atoms with van der Waals surface area (Å²) in [4.78, 5) is 41.5. The second-order valence-electron chi connectivity index (χ2n) is 8.23. The van der Waals surface area contributed by atoms with Gasteiger partial charge in [0, 0.05) is 44.1 Å². The lowest BCUT2D eigenvalue weighted by atomic mass is 10.0. The third-order valence-corrected chi connectivity index (χ3v) is 6.16.